The molecule has 0 aliphatic carbocycles. The van der Waals surface area contributed by atoms with Gasteiger partial charge >= 0.3 is 0 Å². The third-order valence-electron chi connectivity index (χ3n) is 1.95. The van der Waals surface area contributed by atoms with Gasteiger partial charge in [-0.15, -0.1) is 11.6 Å². The predicted octanol–water partition coefficient (Wildman–Crippen LogP) is 0.655. The minimum absolute atomic E-state index is 0.215. The number of hydrogen-bond acceptors (Lipinski definition) is 4. The summed E-state index contributed by atoms with van der Waals surface area (Å²) in [6, 6.07) is 0.215. The Balaban J connectivity index is 3.61. The molecule has 0 radical (unpaired) electrons. The van der Waals surface area contributed by atoms with Crippen molar-refractivity contribution in [1.29, 1.82) is 0 Å². The Morgan fingerprint density at radius 3 is 2.60 bits per heavy atom. The van der Waals surface area contributed by atoms with Gasteiger partial charge < -0.3 is 10.1 Å². The summed E-state index contributed by atoms with van der Waals surface area (Å²) in [5.41, 5.74) is 0. The summed E-state index contributed by atoms with van der Waals surface area (Å²) >= 11 is 5.63. The smallest absolute Gasteiger partial charge is 0.147 e. The van der Waals surface area contributed by atoms with Crippen LogP contribution in [0.1, 0.15) is 12.8 Å². The van der Waals surface area contributed by atoms with Crippen LogP contribution in [-0.2, 0) is 14.6 Å². The highest BCUT2D eigenvalue weighted by Gasteiger charge is 2.07. The van der Waals surface area contributed by atoms with Gasteiger partial charge in [-0.05, 0) is 19.4 Å². The van der Waals surface area contributed by atoms with Crippen molar-refractivity contribution in [1.82, 2.24) is 5.32 Å². The van der Waals surface area contributed by atoms with Gasteiger partial charge in [0.05, 0.1) is 12.4 Å². The van der Waals surface area contributed by atoms with E-state index in [0.717, 1.165) is 6.42 Å². The first-order valence-electron chi connectivity index (χ1n) is 4.95. The van der Waals surface area contributed by atoms with Crippen LogP contribution in [0.5, 0.6) is 0 Å². The minimum atomic E-state index is -2.84. The Hall–Kier alpha value is 0.160. The molecule has 6 heteroatoms. The number of halogens is 1. The van der Waals surface area contributed by atoms with E-state index in [1.54, 1.807) is 7.11 Å². The minimum Gasteiger partial charge on any atom is -0.383 e. The SMILES string of the molecule is COCC(CCCl)NCCCS(C)(=O)=O. The Morgan fingerprint density at radius 2 is 2.13 bits per heavy atom. The molecule has 0 heterocycles. The van der Waals surface area contributed by atoms with Crippen molar-refractivity contribution >= 4 is 21.4 Å². The fourth-order valence-corrected chi connectivity index (χ4v) is 2.15. The van der Waals surface area contributed by atoms with Crippen LogP contribution in [0.15, 0.2) is 0 Å². The zero-order chi connectivity index (χ0) is 11.7. The zero-order valence-corrected chi connectivity index (χ0v) is 10.9. The molecule has 0 aromatic carbocycles. The fourth-order valence-electron chi connectivity index (χ4n) is 1.22. The van der Waals surface area contributed by atoms with Crippen molar-refractivity contribution in [3.05, 3.63) is 0 Å². The molecule has 4 nitrogen and oxygen atoms in total. The molecule has 0 amide bonds. The second-order valence-corrected chi connectivity index (χ2v) is 6.21. The molecule has 0 saturated carbocycles. The number of hydrogen-bond donors (Lipinski definition) is 1. The van der Waals surface area contributed by atoms with Gasteiger partial charge in [0.15, 0.2) is 0 Å². The number of alkyl halides is 1. The first-order chi connectivity index (χ1) is 6.99. The van der Waals surface area contributed by atoms with Gasteiger partial charge in [-0.25, -0.2) is 8.42 Å². The van der Waals surface area contributed by atoms with Crippen molar-refractivity contribution in [2.24, 2.45) is 0 Å². The van der Waals surface area contributed by atoms with Crippen LogP contribution in [0.2, 0.25) is 0 Å². The van der Waals surface area contributed by atoms with Crippen LogP contribution < -0.4 is 5.32 Å². The Bertz CT molecular complexity index is 238. The maximum atomic E-state index is 10.9. The molecule has 0 rings (SSSR count). The van der Waals surface area contributed by atoms with Gasteiger partial charge in [0, 0.05) is 25.3 Å². The third-order valence-corrected chi connectivity index (χ3v) is 3.20. The number of ether oxygens (including phenoxy) is 1. The van der Waals surface area contributed by atoms with Gasteiger partial charge in [-0.3, -0.25) is 0 Å². The van der Waals surface area contributed by atoms with Crippen molar-refractivity contribution in [3.8, 4) is 0 Å². The molecule has 0 aliphatic rings. The third kappa shape index (κ3) is 10.4. The van der Waals surface area contributed by atoms with E-state index in [9.17, 15) is 8.42 Å². The molecule has 1 atom stereocenters. The molecule has 0 saturated heterocycles. The van der Waals surface area contributed by atoms with Crippen LogP contribution in [-0.4, -0.2) is 52.6 Å². The van der Waals surface area contributed by atoms with E-state index in [0.29, 0.717) is 25.5 Å². The molecule has 1 N–H and O–H groups in total. The van der Waals surface area contributed by atoms with Crippen LogP contribution in [0.4, 0.5) is 0 Å². The lowest BCUT2D eigenvalue weighted by molar-refractivity contribution is 0.165. The van der Waals surface area contributed by atoms with Gasteiger partial charge in [0.1, 0.15) is 9.84 Å². The largest absolute Gasteiger partial charge is 0.383 e. The van der Waals surface area contributed by atoms with E-state index in [-0.39, 0.29) is 11.8 Å². The summed E-state index contributed by atoms with van der Waals surface area (Å²) in [6.45, 7) is 1.28. The average Bonchev–Trinajstić information content (AvgIpc) is 2.11. The molecule has 0 aliphatic heterocycles. The quantitative estimate of drug-likeness (QED) is 0.487. The van der Waals surface area contributed by atoms with Crippen molar-refractivity contribution in [3.63, 3.8) is 0 Å². The predicted molar refractivity (Wildman–Crippen MR) is 63.3 cm³/mol. The van der Waals surface area contributed by atoms with Crippen LogP contribution >= 0.6 is 11.6 Å². The summed E-state index contributed by atoms with van der Waals surface area (Å²) < 4.78 is 26.7. The van der Waals surface area contributed by atoms with E-state index in [2.05, 4.69) is 5.32 Å². The standard InChI is InChI=1S/C9H20ClNO3S/c1-14-8-9(4-5-10)11-6-3-7-15(2,12)13/h9,11H,3-8H2,1-2H3. The van der Waals surface area contributed by atoms with Crippen LogP contribution in [0.25, 0.3) is 0 Å². The number of rotatable bonds is 9. The molecule has 0 spiro atoms. The summed E-state index contributed by atoms with van der Waals surface area (Å²) in [6.07, 6.45) is 2.70. The second-order valence-electron chi connectivity index (χ2n) is 3.57. The number of methoxy groups -OCH3 is 1. The Morgan fingerprint density at radius 1 is 1.47 bits per heavy atom. The molecule has 0 aromatic rings. The first-order valence-corrected chi connectivity index (χ1v) is 7.55. The summed E-state index contributed by atoms with van der Waals surface area (Å²) in [5.74, 6) is 0.799. The van der Waals surface area contributed by atoms with Gasteiger partial charge in [0.2, 0.25) is 0 Å². The first kappa shape index (κ1) is 15.2. The second kappa shape index (κ2) is 8.33. The average molecular weight is 258 g/mol. The van der Waals surface area contributed by atoms with E-state index in [1.165, 1.54) is 6.26 Å². The summed E-state index contributed by atoms with van der Waals surface area (Å²) in [5, 5.41) is 3.22. The van der Waals surface area contributed by atoms with Crippen molar-refractivity contribution in [2.75, 3.05) is 38.2 Å². The van der Waals surface area contributed by atoms with E-state index in [4.69, 9.17) is 16.3 Å². The fraction of sp³-hybridized carbons (Fsp3) is 1.00. The van der Waals surface area contributed by atoms with E-state index >= 15 is 0 Å². The number of sulfone groups is 1. The highest BCUT2D eigenvalue weighted by atomic mass is 35.5. The molecular formula is C9H20ClNO3S. The van der Waals surface area contributed by atoms with Gasteiger partial charge in [-0.1, -0.05) is 0 Å². The highest BCUT2D eigenvalue weighted by Crippen LogP contribution is 1.96. The molecule has 0 fully saturated rings. The molecule has 92 valence electrons. The monoisotopic (exact) mass is 257 g/mol. The topological polar surface area (TPSA) is 55.4 Å². The maximum absolute atomic E-state index is 10.9. The zero-order valence-electron chi connectivity index (χ0n) is 9.33. The Labute approximate surface area is 97.3 Å². The lowest BCUT2D eigenvalue weighted by atomic mass is 10.2. The molecule has 1 unspecified atom stereocenters. The van der Waals surface area contributed by atoms with Crippen molar-refractivity contribution < 1.29 is 13.2 Å². The van der Waals surface area contributed by atoms with Gasteiger partial charge in [0.25, 0.3) is 0 Å². The van der Waals surface area contributed by atoms with Crippen LogP contribution in [0, 0.1) is 0 Å². The Kier molecular flexibility index (Phi) is 8.42. The molecule has 0 aromatic heterocycles. The molecular weight excluding hydrogens is 238 g/mol. The van der Waals surface area contributed by atoms with Gasteiger partial charge in [-0.2, -0.15) is 0 Å². The van der Waals surface area contributed by atoms with Crippen LogP contribution in [0.3, 0.4) is 0 Å². The summed E-state index contributed by atoms with van der Waals surface area (Å²) in [7, 11) is -1.21. The highest BCUT2D eigenvalue weighted by molar-refractivity contribution is 7.90. The normalized spacial score (nSPS) is 14.1. The number of nitrogens with one attached hydrogen (secondary N) is 1. The van der Waals surface area contributed by atoms with E-state index in [1.807, 2.05) is 0 Å². The molecule has 15 heavy (non-hydrogen) atoms. The summed E-state index contributed by atoms with van der Waals surface area (Å²) in [4.78, 5) is 0. The lowest BCUT2D eigenvalue weighted by Crippen LogP contribution is -2.34. The van der Waals surface area contributed by atoms with E-state index < -0.39 is 9.84 Å². The van der Waals surface area contributed by atoms with Crippen molar-refractivity contribution in [2.45, 2.75) is 18.9 Å². The maximum Gasteiger partial charge on any atom is 0.147 e. The lowest BCUT2D eigenvalue weighted by Gasteiger charge is -2.16. The molecule has 0 bridgehead atoms.